The Morgan fingerprint density at radius 3 is 2.25 bits per heavy atom. The van der Waals surface area contributed by atoms with Crippen molar-refractivity contribution >= 4 is 29.6 Å². The Balaban J connectivity index is 1.72. The lowest BCUT2D eigenvalue weighted by Gasteiger charge is -2.35. The number of carbonyl (C=O) groups excluding carboxylic acids is 3. The summed E-state index contributed by atoms with van der Waals surface area (Å²) in [5, 5.41) is 12.2. The van der Waals surface area contributed by atoms with Gasteiger partial charge >= 0.3 is 12.1 Å². The predicted molar refractivity (Wildman–Crippen MR) is 156 cm³/mol. The average molecular weight is 549 g/mol. The Morgan fingerprint density at radius 1 is 1.00 bits per heavy atom. The van der Waals surface area contributed by atoms with Gasteiger partial charge in [0.25, 0.3) is 0 Å². The second-order valence-electron chi connectivity index (χ2n) is 14.2. The zero-order valence-corrected chi connectivity index (χ0v) is 25.2. The molecule has 0 radical (unpaired) electrons. The maximum absolute atomic E-state index is 13.5. The van der Waals surface area contributed by atoms with Crippen LogP contribution in [0.15, 0.2) is 35.0 Å². The lowest BCUT2D eigenvalue weighted by atomic mass is 9.73. The van der Waals surface area contributed by atoms with Gasteiger partial charge in [0.1, 0.15) is 11.2 Å². The molecule has 1 aromatic carbocycles. The first-order chi connectivity index (χ1) is 18.4. The molecule has 1 fully saturated rings. The van der Waals surface area contributed by atoms with Gasteiger partial charge in [-0.1, -0.05) is 26.0 Å². The third-order valence-corrected chi connectivity index (χ3v) is 7.49. The molecule has 2 N–H and O–H groups in total. The Labute approximate surface area is 238 Å². The fraction of sp³-hybridized carbons (Fsp3) is 0.576. The van der Waals surface area contributed by atoms with Crippen molar-refractivity contribution < 1.29 is 23.9 Å². The summed E-state index contributed by atoms with van der Waals surface area (Å²) in [6.45, 7) is 15.3. The van der Waals surface area contributed by atoms with E-state index in [4.69, 9.17) is 9.47 Å². The molecule has 1 amide bonds. The number of esters is 1. The molecular formula is C33H44N2O5. The maximum Gasteiger partial charge on any atom is 0.411 e. The number of rotatable bonds is 6. The molecule has 3 aliphatic rings. The molecule has 0 heterocycles. The number of Topliss-reactive ketones (excluding diaryl/α,β-unsaturated/α-hetero) is 1. The Kier molecular flexibility index (Phi) is 7.91. The number of ether oxygens (including phenoxy) is 2. The number of amides is 1. The van der Waals surface area contributed by atoms with Crippen molar-refractivity contribution in [1.82, 2.24) is 5.32 Å². The normalized spacial score (nSPS) is 20.7. The smallest absolute Gasteiger partial charge is 0.411 e. The summed E-state index contributed by atoms with van der Waals surface area (Å²) in [4.78, 5) is 39.0. The number of ketones is 1. The number of allylic oxidation sites excluding steroid dienone is 3. The summed E-state index contributed by atoms with van der Waals surface area (Å²) in [5.41, 5.74) is 3.35. The number of carbonyl (C=O) groups is 3. The molecule has 0 aromatic heterocycles. The highest BCUT2D eigenvalue weighted by atomic mass is 16.6. The zero-order valence-electron chi connectivity index (χ0n) is 25.2. The first-order valence-electron chi connectivity index (χ1n) is 14.4. The summed E-state index contributed by atoms with van der Waals surface area (Å²) in [7, 11) is 0. The molecule has 216 valence electrons. The highest BCUT2D eigenvalue weighted by molar-refractivity contribution is 6.14. The van der Waals surface area contributed by atoms with Gasteiger partial charge in [-0.2, -0.15) is 0 Å². The van der Waals surface area contributed by atoms with Crippen LogP contribution >= 0.6 is 0 Å². The minimum Gasteiger partial charge on any atom is -0.459 e. The van der Waals surface area contributed by atoms with E-state index in [2.05, 4.69) is 19.2 Å². The van der Waals surface area contributed by atoms with Gasteiger partial charge in [0.05, 0.1) is 11.6 Å². The summed E-state index contributed by atoms with van der Waals surface area (Å²) in [5.74, 6) is -0.793. The van der Waals surface area contributed by atoms with E-state index in [1.165, 1.54) is 0 Å². The highest BCUT2D eigenvalue weighted by Gasteiger charge is 2.37. The van der Waals surface area contributed by atoms with E-state index < -0.39 is 23.2 Å². The van der Waals surface area contributed by atoms with Crippen molar-refractivity contribution in [2.45, 2.75) is 111 Å². The minimum absolute atomic E-state index is 0.0365. The molecule has 1 aromatic rings. The fourth-order valence-electron chi connectivity index (χ4n) is 5.38. The number of hydrogen-bond acceptors (Lipinski definition) is 6. The predicted octanol–water partition coefficient (Wildman–Crippen LogP) is 7.50. The van der Waals surface area contributed by atoms with Crippen LogP contribution in [0.2, 0.25) is 0 Å². The molecule has 4 rings (SSSR count). The second-order valence-corrected chi connectivity index (χ2v) is 14.2. The van der Waals surface area contributed by atoms with E-state index in [0.29, 0.717) is 35.4 Å². The van der Waals surface area contributed by atoms with Crippen LogP contribution in [0.3, 0.4) is 0 Å². The van der Waals surface area contributed by atoms with E-state index in [0.717, 1.165) is 36.0 Å². The van der Waals surface area contributed by atoms with E-state index in [-0.39, 0.29) is 29.5 Å². The van der Waals surface area contributed by atoms with Gasteiger partial charge in [-0.05, 0) is 120 Å². The number of hydrogen-bond donors (Lipinski definition) is 2. The molecule has 0 spiro atoms. The third kappa shape index (κ3) is 7.29. The minimum atomic E-state index is -0.671. The number of benzene rings is 1. The fourth-order valence-corrected chi connectivity index (χ4v) is 5.38. The van der Waals surface area contributed by atoms with E-state index >= 15 is 0 Å². The topological polar surface area (TPSA) is 106 Å². The summed E-state index contributed by atoms with van der Waals surface area (Å²) >= 11 is 0. The SMILES string of the molecule is CC1(C)CCC(C(=N)C2=Cc3ccc(C(=O)C4CC4)cc3C(C(=O)OC(C)(C)C)C2)=C(NC(=O)OC(C)(C)C)C1. The molecule has 1 saturated carbocycles. The molecule has 0 bridgehead atoms. The quantitative estimate of drug-likeness (QED) is 0.217. The van der Waals surface area contributed by atoms with Crippen LogP contribution in [0.1, 0.15) is 121 Å². The van der Waals surface area contributed by atoms with Crippen molar-refractivity contribution in [3.05, 3.63) is 51.7 Å². The molecule has 7 heteroatoms. The van der Waals surface area contributed by atoms with Gasteiger partial charge in [-0.25, -0.2) is 4.79 Å². The van der Waals surface area contributed by atoms with Crippen molar-refractivity contribution in [1.29, 1.82) is 5.41 Å². The van der Waals surface area contributed by atoms with Gasteiger partial charge < -0.3 is 14.9 Å². The van der Waals surface area contributed by atoms with Crippen molar-refractivity contribution in [2.24, 2.45) is 11.3 Å². The Morgan fingerprint density at radius 2 is 1.65 bits per heavy atom. The van der Waals surface area contributed by atoms with Crippen LogP contribution in [0, 0.1) is 16.7 Å². The molecule has 7 nitrogen and oxygen atoms in total. The molecule has 40 heavy (non-hydrogen) atoms. The lowest BCUT2D eigenvalue weighted by Crippen LogP contribution is -2.36. The van der Waals surface area contributed by atoms with Crippen LogP contribution in [0.5, 0.6) is 0 Å². The van der Waals surface area contributed by atoms with Gasteiger partial charge in [-0.3, -0.25) is 14.9 Å². The van der Waals surface area contributed by atoms with Gasteiger partial charge in [0.15, 0.2) is 5.78 Å². The number of fused-ring (bicyclic) bond motifs is 1. The number of nitrogens with one attached hydrogen (secondary N) is 2. The number of alkyl carbamates (subject to hydrolysis) is 1. The van der Waals surface area contributed by atoms with Crippen LogP contribution in [0.4, 0.5) is 4.79 Å². The molecule has 1 atom stereocenters. The second kappa shape index (κ2) is 10.6. The highest BCUT2D eigenvalue weighted by Crippen LogP contribution is 2.43. The summed E-state index contributed by atoms with van der Waals surface area (Å²) < 4.78 is 11.3. The Hall–Kier alpha value is -3.22. The molecule has 3 aliphatic carbocycles. The summed E-state index contributed by atoms with van der Waals surface area (Å²) in [6, 6.07) is 5.55. The van der Waals surface area contributed by atoms with E-state index in [1.54, 1.807) is 0 Å². The third-order valence-electron chi connectivity index (χ3n) is 7.49. The monoisotopic (exact) mass is 548 g/mol. The van der Waals surface area contributed by atoms with E-state index in [9.17, 15) is 19.8 Å². The van der Waals surface area contributed by atoms with Gasteiger partial charge in [-0.15, -0.1) is 0 Å². The summed E-state index contributed by atoms with van der Waals surface area (Å²) in [6.07, 6.45) is 5.64. The van der Waals surface area contributed by atoms with Crippen molar-refractivity contribution in [2.75, 3.05) is 0 Å². The zero-order chi connectivity index (χ0) is 29.6. The first-order valence-corrected chi connectivity index (χ1v) is 14.4. The van der Waals surface area contributed by atoms with Crippen LogP contribution < -0.4 is 5.32 Å². The lowest BCUT2D eigenvalue weighted by molar-refractivity contribution is -0.156. The average Bonchev–Trinajstić information content (AvgIpc) is 3.65. The standard InChI is InChI=1S/C33H44N2O5/c1-31(2,3)39-29(37)25-17-22(15-20-11-12-21(16-24(20)25)28(36)19-9-10-19)27(34)23-13-14-33(7,8)18-26(23)35-30(38)40-32(4,5)6/h11-12,15-16,19,25,34H,9-10,13-14,17-18H2,1-8H3,(H,35,38). The van der Waals surface area contributed by atoms with Gasteiger partial charge in [0, 0.05) is 17.2 Å². The van der Waals surface area contributed by atoms with Gasteiger partial charge in [0.2, 0.25) is 0 Å². The molecule has 0 aliphatic heterocycles. The van der Waals surface area contributed by atoms with Crippen LogP contribution in [0.25, 0.3) is 6.08 Å². The largest absolute Gasteiger partial charge is 0.459 e. The Bertz CT molecular complexity index is 1300. The molecule has 0 saturated heterocycles. The van der Waals surface area contributed by atoms with E-state index in [1.807, 2.05) is 65.8 Å². The van der Waals surface area contributed by atoms with Crippen molar-refractivity contribution in [3.63, 3.8) is 0 Å². The molecule has 1 unspecified atom stereocenters. The maximum atomic E-state index is 13.5. The van der Waals surface area contributed by atoms with Crippen LogP contribution in [-0.2, 0) is 14.3 Å². The molecular weight excluding hydrogens is 504 g/mol. The first kappa shape index (κ1) is 29.8. The van der Waals surface area contributed by atoms with Crippen LogP contribution in [-0.4, -0.2) is 34.8 Å². The van der Waals surface area contributed by atoms with Crippen molar-refractivity contribution in [3.8, 4) is 0 Å².